The second-order valence-electron chi connectivity index (χ2n) is 3.33. The maximum absolute atomic E-state index is 12.8. The average Bonchev–Trinajstić information content (AvgIpc) is 2.27. The Morgan fingerprint density at radius 1 is 1.06 bits per heavy atom. The Labute approximate surface area is 92.7 Å². The molecule has 2 nitrogen and oxygen atoms in total. The van der Waals surface area contributed by atoms with Gasteiger partial charge in [-0.3, -0.25) is 4.99 Å². The number of rotatable bonds is 2. The van der Waals surface area contributed by atoms with Crippen molar-refractivity contribution in [2.45, 2.75) is 0 Å². The van der Waals surface area contributed by atoms with Crippen LogP contribution in [-0.2, 0) is 0 Å². The molecule has 80 valence electrons. The van der Waals surface area contributed by atoms with Crippen molar-refractivity contribution in [3.8, 4) is 5.75 Å². The molecule has 0 unspecified atom stereocenters. The molecule has 0 aliphatic rings. The lowest BCUT2D eigenvalue weighted by molar-refractivity contribution is 0.475. The number of aromatic hydroxyl groups is 1. The second kappa shape index (κ2) is 4.57. The van der Waals surface area contributed by atoms with Gasteiger partial charge in [-0.1, -0.05) is 18.2 Å². The van der Waals surface area contributed by atoms with Crippen LogP contribution >= 0.6 is 0 Å². The first-order chi connectivity index (χ1) is 7.74. The van der Waals surface area contributed by atoms with Crippen LogP contribution in [0.3, 0.4) is 0 Å². The number of nitrogens with zero attached hydrogens (tertiary/aromatic N) is 1. The zero-order valence-electron chi connectivity index (χ0n) is 8.47. The van der Waals surface area contributed by atoms with Gasteiger partial charge in [-0.05, 0) is 35.9 Å². The molecule has 3 heteroatoms. The van der Waals surface area contributed by atoms with Crippen molar-refractivity contribution in [3.05, 3.63) is 59.9 Å². The number of benzene rings is 2. The van der Waals surface area contributed by atoms with Crippen molar-refractivity contribution in [3.63, 3.8) is 0 Å². The highest BCUT2D eigenvalue weighted by atomic mass is 19.1. The molecule has 0 aliphatic carbocycles. The van der Waals surface area contributed by atoms with Crippen molar-refractivity contribution < 1.29 is 9.50 Å². The van der Waals surface area contributed by atoms with E-state index >= 15 is 0 Å². The van der Waals surface area contributed by atoms with Gasteiger partial charge in [0, 0.05) is 6.21 Å². The van der Waals surface area contributed by atoms with E-state index < -0.39 is 0 Å². The van der Waals surface area contributed by atoms with Gasteiger partial charge >= 0.3 is 0 Å². The number of aliphatic imine (C=N–C) groups is 1. The van der Waals surface area contributed by atoms with Crippen molar-refractivity contribution in [1.82, 2.24) is 0 Å². The first kappa shape index (κ1) is 10.4. The minimum Gasteiger partial charge on any atom is -0.508 e. The molecule has 0 bridgehead atoms. The predicted molar refractivity (Wildman–Crippen MR) is 61.8 cm³/mol. The van der Waals surface area contributed by atoms with Gasteiger partial charge < -0.3 is 5.11 Å². The van der Waals surface area contributed by atoms with Gasteiger partial charge in [-0.2, -0.15) is 0 Å². The quantitative estimate of drug-likeness (QED) is 0.766. The molecule has 2 aromatic carbocycles. The molecule has 0 saturated heterocycles. The van der Waals surface area contributed by atoms with Crippen LogP contribution in [0.2, 0.25) is 0 Å². The van der Waals surface area contributed by atoms with Gasteiger partial charge in [0.15, 0.2) is 0 Å². The molecule has 0 radical (unpaired) electrons. The number of hydrogen-bond donors (Lipinski definition) is 1. The minimum absolute atomic E-state index is 0.184. The fraction of sp³-hybridized carbons (Fsp3) is 0. The fourth-order valence-corrected chi connectivity index (χ4v) is 1.31. The number of phenolic OH excluding ortho intramolecular Hbond substituents is 1. The summed E-state index contributed by atoms with van der Waals surface area (Å²) in [4.78, 5) is 4.10. The number of halogens is 1. The van der Waals surface area contributed by atoms with E-state index in [1.807, 2.05) is 6.07 Å². The topological polar surface area (TPSA) is 32.6 Å². The lowest BCUT2D eigenvalue weighted by atomic mass is 10.2. The summed E-state index contributed by atoms with van der Waals surface area (Å²) in [5.74, 6) is -0.131. The van der Waals surface area contributed by atoms with Crippen LogP contribution < -0.4 is 0 Å². The average molecular weight is 215 g/mol. The largest absolute Gasteiger partial charge is 0.508 e. The van der Waals surface area contributed by atoms with Crippen molar-refractivity contribution in [2.24, 2.45) is 4.99 Å². The smallest absolute Gasteiger partial charge is 0.125 e. The molecule has 1 N–H and O–H groups in total. The number of hydrogen-bond acceptors (Lipinski definition) is 2. The van der Waals surface area contributed by atoms with Crippen LogP contribution in [0.15, 0.2) is 53.5 Å². The van der Waals surface area contributed by atoms with Crippen LogP contribution in [0.1, 0.15) is 5.56 Å². The lowest BCUT2D eigenvalue weighted by Crippen LogP contribution is -1.79. The molecule has 0 amide bonds. The Balaban J connectivity index is 2.21. The van der Waals surface area contributed by atoms with Crippen molar-refractivity contribution in [1.29, 1.82) is 0 Å². The first-order valence-electron chi connectivity index (χ1n) is 4.83. The third-order valence-corrected chi connectivity index (χ3v) is 2.04. The summed E-state index contributed by atoms with van der Waals surface area (Å²) in [7, 11) is 0. The maximum Gasteiger partial charge on any atom is 0.125 e. The summed E-state index contributed by atoms with van der Waals surface area (Å²) in [5, 5.41) is 9.23. The van der Waals surface area contributed by atoms with E-state index in [-0.39, 0.29) is 11.6 Å². The van der Waals surface area contributed by atoms with E-state index in [4.69, 9.17) is 0 Å². The number of phenols is 1. The third-order valence-electron chi connectivity index (χ3n) is 2.04. The van der Waals surface area contributed by atoms with Crippen molar-refractivity contribution >= 4 is 11.9 Å². The Hall–Kier alpha value is -2.16. The maximum atomic E-state index is 12.8. The molecular weight excluding hydrogens is 205 g/mol. The summed E-state index contributed by atoms with van der Waals surface area (Å²) < 4.78 is 12.8. The molecule has 0 atom stereocenters. The van der Waals surface area contributed by atoms with Gasteiger partial charge in [0.2, 0.25) is 0 Å². The molecule has 2 aromatic rings. The monoisotopic (exact) mass is 215 g/mol. The second-order valence-corrected chi connectivity index (χ2v) is 3.33. The van der Waals surface area contributed by atoms with Gasteiger partial charge in [0.1, 0.15) is 11.6 Å². The van der Waals surface area contributed by atoms with Crippen LogP contribution in [0.25, 0.3) is 0 Å². The van der Waals surface area contributed by atoms with Gasteiger partial charge in [-0.15, -0.1) is 0 Å². The standard InChI is InChI=1S/C13H10FNO/c14-11-4-2-5-12(8-11)15-9-10-3-1-6-13(16)7-10/h1-9,16H. The first-order valence-corrected chi connectivity index (χ1v) is 4.83. The minimum atomic E-state index is -0.314. The van der Waals surface area contributed by atoms with E-state index in [1.54, 1.807) is 36.5 Å². The summed E-state index contributed by atoms with van der Waals surface area (Å²) in [6.07, 6.45) is 1.58. The zero-order chi connectivity index (χ0) is 11.4. The van der Waals surface area contributed by atoms with E-state index in [1.165, 1.54) is 12.1 Å². The summed E-state index contributed by atoms with van der Waals surface area (Å²) in [6, 6.07) is 12.7. The van der Waals surface area contributed by atoms with E-state index in [9.17, 15) is 9.50 Å². The normalized spacial score (nSPS) is 10.8. The molecule has 0 saturated carbocycles. The summed E-state index contributed by atoms with van der Waals surface area (Å²) >= 11 is 0. The highest BCUT2D eigenvalue weighted by Gasteiger charge is 1.93. The van der Waals surface area contributed by atoms with Gasteiger partial charge in [0.25, 0.3) is 0 Å². The van der Waals surface area contributed by atoms with Crippen molar-refractivity contribution in [2.75, 3.05) is 0 Å². The van der Waals surface area contributed by atoms with Gasteiger partial charge in [-0.25, -0.2) is 4.39 Å². The molecule has 0 aromatic heterocycles. The molecule has 16 heavy (non-hydrogen) atoms. The summed E-state index contributed by atoms with van der Waals surface area (Å²) in [5.41, 5.74) is 1.31. The highest BCUT2D eigenvalue weighted by molar-refractivity contribution is 5.82. The summed E-state index contributed by atoms with van der Waals surface area (Å²) in [6.45, 7) is 0. The molecule has 0 aliphatic heterocycles. The Morgan fingerprint density at radius 2 is 1.88 bits per heavy atom. The van der Waals surface area contributed by atoms with Crippen LogP contribution in [0.5, 0.6) is 5.75 Å². The van der Waals surface area contributed by atoms with E-state index in [0.717, 1.165) is 5.56 Å². The lowest BCUT2D eigenvalue weighted by Gasteiger charge is -1.95. The predicted octanol–water partition coefficient (Wildman–Crippen LogP) is 3.28. The van der Waals surface area contributed by atoms with E-state index in [0.29, 0.717) is 5.69 Å². The highest BCUT2D eigenvalue weighted by Crippen LogP contribution is 2.14. The van der Waals surface area contributed by atoms with E-state index in [2.05, 4.69) is 4.99 Å². The Bertz CT molecular complexity index is 475. The Kier molecular flexibility index (Phi) is 2.96. The van der Waals surface area contributed by atoms with Crippen LogP contribution in [0, 0.1) is 5.82 Å². The van der Waals surface area contributed by atoms with Crippen LogP contribution in [0.4, 0.5) is 10.1 Å². The third kappa shape index (κ3) is 2.67. The molecule has 0 fully saturated rings. The fourth-order valence-electron chi connectivity index (χ4n) is 1.31. The molecule has 0 heterocycles. The Morgan fingerprint density at radius 3 is 2.62 bits per heavy atom. The zero-order valence-corrected chi connectivity index (χ0v) is 8.47. The SMILES string of the molecule is Oc1cccc(C=Nc2cccc(F)c2)c1. The molecule has 0 spiro atoms. The molecular formula is C13H10FNO. The molecule has 2 rings (SSSR count). The van der Waals surface area contributed by atoms with Gasteiger partial charge in [0.05, 0.1) is 5.69 Å². The van der Waals surface area contributed by atoms with Crippen LogP contribution in [-0.4, -0.2) is 11.3 Å².